The molecule has 0 radical (unpaired) electrons. The number of nitrogens with zero attached hydrogens (tertiary/aromatic N) is 2. The monoisotopic (exact) mass is 730 g/mol. The summed E-state index contributed by atoms with van der Waals surface area (Å²) in [5.41, 5.74) is 19.9. The molecule has 0 saturated carbocycles. The van der Waals surface area contributed by atoms with E-state index in [4.69, 9.17) is 25.4 Å². The molecule has 4 aromatic rings. The molecule has 0 unspecified atom stereocenters. The van der Waals surface area contributed by atoms with Gasteiger partial charge < -0.3 is 35.6 Å². The van der Waals surface area contributed by atoms with Crippen LogP contribution >= 0.6 is 0 Å². The predicted octanol–water partition coefficient (Wildman–Crippen LogP) is 6.74. The lowest BCUT2D eigenvalue weighted by molar-refractivity contribution is -0.163. The highest BCUT2D eigenvalue weighted by atomic mass is 16.6. The average Bonchev–Trinajstić information content (AvgIpc) is 3.48. The van der Waals surface area contributed by atoms with Gasteiger partial charge in [0.2, 0.25) is 0 Å². The number of unbranched alkanes of at least 4 members (excludes halogenated alkanes) is 2. The van der Waals surface area contributed by atoms with Crippen molar-refractivity contribution in [2.75, 3.05) is 11.5 Å². The second-order valence-electron chi connectivity index (χ2n) is 15.2. The third-order valence-electron chi connectivity index (χ3n) is 12.1. The quantitative estimate of drug-likeness (QED) is 0.0897. The first kappa shape index (κ1) is 35.6. The second kappa shape index (κ2) is 13.5. The van der Waals surface area contributed by atoms with Crippen LogP contribution in [0.4, 0.5) is 11.6 Å². The van der Waals surface area contributed by atoms with Crippen molar-refractivity contribution in [3.8, 4) is 11.5 Å². The van der Waals surface area contributed by atoms with Gasteiger partial charge in [0.1, 0.15) is 52.6 Å². The SMILES string of the molecule is C/C=C(/C)C(=O)O[C@@H]1Cc2c3c(c4oc(CO)cc(=O)c4c2O)Cc2ccnc(N)c2C2=CCC4=C2[C@H]([C@H](CCCCC)c2cnc(N)cc2C4)[C@]1(C)O3. The number of carbonyl (C=O) groups excluding carboxylic acids is 1. The number of nitrogens with two attached hydrogens (primary N) is 2. The summed E-state index contributed by atoms with van der Waals surface area (Å²) in [6, 6.07) is 5.08. The van der Waals surface area contributed by atoms with Gasteiger partial charge in [-0.1, -0.05) is 43.9 Å². The van der Waals surface area contributed by atoms with Crippen LogP contribution in [0.2, 0.25) is 0 Å². The molecule has 3 aromatic heterocycles. The minimum absolute atomic E-state index is 0.0315. The fourth-order valence-corrected chi connectivity index (χ4v) is 9.35. The molecule has 11 nitrogen and oxygen atoms in total. The number of aromatic hydroxyl groups is 1. The summed E-state index contributed by atoms with van der Waals surface area (Å²) < 4.78 is 20.2. The number of aromatic nitrogens is 2. The minimum Gasteiger partial charge on any atom is -0.507 e. The number of carbonyl (C=O) groups is 1. The van der Waals surface area contributed by atoms with Crippen molar-refractivity contribution in [3.63, 3.8) is 0 Å². The number of esters is 1. The number of anilines is 2. The molecular weight excluding hydrogens is 684 g/mol. The van der Waals surface area contributed by atoms with Crippen LogP contribution < -0.4 is 21.6 Å². The van der Waals surface area contributed by atoms with E-state index in [-0.39, 0.29) is 41.2 Å². The highest BCUT2D eigenvalue weighted by Gasteiger charge is 2.57. The third kappa shape index (κ3) is 5.51. The number of nitrogen functional groups attached to an aromatic ring is 2. The van der Waals surface area contributed by atoms with Gasteiger partial charge in [0, 0.05) is 59.5 Å². The molecule has 11 heteroatoms. The van der Waals surface area contributed by atoms with Gasteiger partial charge in [-0.2, -0.15) is 0 Å². The Morgan fingerprint density at radius 3 is 2.72 bits per heavy atom. The molecule has 0 spiro atoms. The molecule has 2 aliphatic carbocycles. The maximum atomic E-state index is 13.8. The number of rotatable bonds is 7. The standard InChI is InChI=1S/C43H46N4O7/c1-5-7-8-9-26-30-19-47-33(44)16-24(30)14-22-10-11-27-34(22)37(26)43(4)32(53-42(51)21(3)6-2)18-28-38(50)36-31(49)17-25(20-48)52-40(36)29(39(28)54-43)15-23-12-13-46-41(45)35(23)27/h6,11-13,16-17,19,26,32,37,48,50H,5,7-10,14-15,18,20H2,1-4H3,(H2,44,47)(H2,45,46)/b21-6-/t26-,32-,37+,43-/m1/s1. The van der Waals surface area contributed by atoms with Crippen LogP contribution in [0.3, 0.4) is 0 Å². The number of pyridine rings is 2. The first-order valence-electron chi connectivity index (χ1n) is 18.9. The molecule has 0 amide bonds. The van der Waals surface area contributed by atoms with Gasteiger partial charge in [0.25, 0.3) is 0 Å². The van der Waals surface area contributed by atoms with Crippen molar-refractivity contribution in [2.24, 2.45) is 5.92 Å². The summed E-state index contributed by atoms with van der Waals surface area (Å²) in [6.07, 6.45) is 12.0. The van der Waals surface area contributed by atoms with Crippen LogP contribution in [-0.2, 0) is 35.4 Å². The number of aliphatic hydroxyl groups is 1. The Morgan fingerprint density at radius 2 is 1.96 bits per heavy atom. The number of phenols is 1. The van der Waals surface area contributed by atoms with Gasteiger partial charge in [-0.05, 0) is 85.9 Å². The Morgan fingerprint density at radius 1 is 1.15 bits per heavy atom. The summed E-state index contributed by atoms with van der Waals surface area (Å²) in [4.78, 5) is 36.7. The van der Waals surface area contributed by atoms with Crippen LogP contribution in [0.25, 0.3) is 16.5 Å². The van der Waals surface area contributed by atoms with Gasteiger partial charge >= 0.3 is 5.97 Å². The number of benzene rings is 1. The van der Waals surface area contributed by atoms with Gasteiger partial charge in [0.15, 0.2) is 11.0 Å². The summed E-state index contributed by atoms with van der Waals surface area (Å²) in [7, 11) is 0. The zero-order valence-corrected chi connectivity index (χ0v) is 31.1. The minimum atomic E-state index is -1.24. The molecule has 280 valence electrons. The number of phenolic OH excluding ortho intramolecular Hbond substituents is 1. The Labute approximate surface area is 313 Å². The molecular formula is C43H46N4O7. The summed E-state index contributed by atoms with van der Waals surface area (Å²) in [5, 5.41) is 22.1. The molecule has 0 fully saturated rings. The number of hydrogen-bond acceptors (Lipinski definition) is 11. The molecule has 2 bridgehead atoms. The van der Waals surface area contributed by atoms with Gasteiger partial charge in [0.05, 0.1) is 0 Å². The zero-order valence-electron chi connectivity index (χ0n) is 31.1. The van der Waals surface area contributed by atoms with Gasteiger partial charge in [-0.25, -0.2) is 14.8 Å². The predicted molar refractivity (Wildman–Crippen MR) is 206 cm³/mol. The normalized spacial score (nSPS) is 22.8. The smallest absolute Gasteiger partial charge is 0.333 e. The highest BCUT2D eigenvalue weighted by molar-refractivity contribution is 5.94. The van der Waals surface area contributed by atoms with Crippen LogP contribution in [0.1, 0.15) is 105 Å². The van der Waals surface area contributed by atoms with Crippen molar-refractivity contribution in [3.05, 3.63) is 109 Å². The molecule has 6 N–H and O–H groups in total. The largest absolute Gasteiger partial charge is 0.507 e. The number of aliphatic hydroxyl groups excluding tert-OH is 1. The fraction of sp³-hybridized carbons (Fsp3) is 0.395. The maximum absolute atomic E-state index is 13.8. The number of fused-ring (bicyclic) bond motifs is 7. The Kier molecular flexibility index (Phi) is 8.87. The average molecular weight is 731 g/mol. The summed E-state index contributed by atoms with van der Waals surface area (Å²) >= 11 is 0. The number of hydrogen-bond donors (Lipinski definition) is 4. The van der Waals surface area contributed by atoms with E-state index in [1.165, 1.54) is 11.6 Å². The molecule has 54 heavy (non-hydrogen) atoms. The molecule has 4 aliphatic rings. The van der Waals surface area contributed by atoms with Crippen LogP contribution in [0, 0.1) is 5.92 Å². The molecule has 5 heterocycles. The van der Waals surface area contributed by atoms with E-state index in [1.54, 1.807) is 26.1 Å². The van der Waals surface area contributed by atoms with Crippen molar-refractivity contribution in [2.45, 2.75) is 103 Å². The molecule has 0 saturated heterocycles. The number of ether oxygens (including phenoxy) is 2. The van der Waals surface area contributed by atoms with E-state index in [2.05, 4.69) is 23.0 Å². The van der Waals surface area contributed by atoms with E-state index >= 15 is 0 Å². The van der Waals surface area contributed by atoms with Crippen molar-refractivity contribution in [1.82, 2.24) is 9.97 Å². The van der Waals surface area contributed by atoms with Crippen LogP contribution in [-0.4, -0.2) is 37.9 Å². The van der Waals surface area contributed by atoms with Crippen LogP contribution in [0.5, 0.6) is 11.5 Å². The first-order chi connectivity index (χ1) is 26.0. The van der Waals surface area contributed by atoms with E-state index < -0.39 is 35.6 Å². The lowest BCUT2D eigenvalue weighted by atomic mass is 9.64. The van der Waals surface area contributed by atoms with E-state index in [9.17, 15) is 19.8 Å². The van der Waals surface area contributed by atoms with Crippen LogP contribution in [0.15, 0.2) is 68.7 Å². The molecule has 2 aliphatic heterocycles. The Hall–Kier alpha value is -5.42. The number of allylic oxidation sites excluding steroid dienone is 4. The maximum Gasteiger partial charge on any atom is 0.333 e. The van der Waals surface area contributed by atoms with E-state index in [0.29, 0.717) is 46.9 Å². The third-order valence-corrected chi connectivity index (χ3v) is 12.1. The fourth-order valence-electron chi connectivity index (χ4n) is 9.35. The van der Waals surface area contributed by atoms with Crippen molar-refractivity contribution >= 4 is 34.1 Å². The lowest BCUT2D eigenvalue weighted by Crippen LogP contribution is -2.58. The lowest BCUT2D eigenvalue weighted by Gasteiger charge is -2.50. The van der Waals surface area contributed by atoms with E-state index in [1.807, 2.05) is 25.3 Å². The summed E-state index contributed by atoms with van der Waals surface area (Å²) in [5.74, 6) is -0.142. The van der Waals surface area contributed by atoms with Gasteiger partial charge in [-0.15, -0.1) is 0 Å². The van der Waals surface area contributed by atoms with Crippen molar-refractivity contribution < 1.29 is 28.9 Å². The van der Waals surface area contributed by atoms with Crippen molar-refractivity contribution in [1.29, 1.82) is 0 Å². The first-order valence-corrected chi connectivity index (χ1v) is 18.9. The summed E-state index contributed by atoms with van der Waals surface area (Å²) in [6.45, 7) is 7.16. The molecule has 4 atom stereocenters. The second-order valence-corrected chi connectivity index (χ2v) is 15.2. The topological polar surface area (TPSA) is 184 Å². The Bertz CT molecular complexity index is 2390. The Balaban J connectivity index is 1.50. The molecule has 1 aromatic carbocycles. The van der Waals surface area contributed by atoms with E-state index in [0.717, 1.165) is 59.1 Å². The zero-order chi connectivity index (χ0) is 38.1. The molecule has 8 rings (SSSR count). The van der Waals surface area contributed by atoms with Gasteiger partial charge in [-0.3, -0.25) is 4.79 Å². The highest BCUT2D eigenvalue weighted by Crippen LogP contribution is 2.59.